The van der Waals surface area contributed by atoms with E-state index in [0.29, 0.717) is 35.8 Å². The Morgan fingerprint density at radius 1 is 1.03 bits per heavy atom. The van der Waals surface area contributed by atoms with Gasteiger partial charge in [0.15, 0.2) is 5.69 Å². The van der Waals surface area contributed by atoms with E-state index in [9.17, 15) is 9.59 Å². The third-order valence-electron chi connectivity index (χ3n) is 4.17. The fraction of sp³-hybridized carbons (Fsp3) is 0.250. The van der Waals surface area contributed by atoms with Crippen LogP contribution in [-0.2, 0) is 12.3 Å². The van der Waals surface area contributed by atoms with Crippen molar-refractivity contribution in [2.75, 3.05) is 12.8 Å². The molecule has 0 bridgehead atoms. The summed E-state index contributed by atoms with van der Waals surface area (Å²) in [5, 5.41) is 13.9. The Morgan fingerprint density at radius 3 is 2.41 bits per heavy atom. The van der Waals surface area contributed by atoms with Gasteiger partial charge in [0.2, 0.25) is 0 Å². The first kappa shape index (κ1) is 20.5. The van der Waals surface area contributed by atoms with Crippen molar-refractivity contribution < 1.29 is 9.59 Å². The first-order valence-electron chi connectivity index (χ1n) is 9.13. The number of amides is 2. The van der Waals surface area contributed by atoms with Crippen molar-refractivity contribution in [3.8, 4) is 5.69 Å². The van der Waals surface area contributed by atoms with E-state index in [1.54, 1.807) is 53.1 Å². The van der Waals surface area contributed by atoms with Gasteiger partial charge in [-0.3, -0.25) is 14.6 Å². The molecule has 3 rings (SSSR count). The van der Waals surface area contributed by atoms with E-state index in [1.807, 2.05) is 25.3 Å². The monoisotopic (exact) mass is 410 g/mol. The Balaban J connectivity index is 1.81. The highest BCUT2D eigenvalue weighted by atomic mass is 32.2. The Morgan fingerprint density at radius 2 is 1.76 bits per heavy atom. The summed E-state index contributed by atoms with van der Waals surface area (Å²) >= 11 is 1.58. The average molecular weight is 411 g/mol. The number of aromatic nitrogens is 4. The van der Waals surface area contributed by atoms with Crippen molar-refractivity contribution in [3.05, 3.63) is 71.3 Å². The summed E-state index contributed by atoms with van der Waals surface area (Å²) in [6.45, 7) is 2.82. The highest BCUT2D eigenvalue weighted by Crippen LogP contribution is 2.18. The molecule has 2 aromatic heterocycles. The van der Waals surface area contributed by atoms with Crippen LogP contribution < -0.4 is 10.6 Å². The average Bonchev–Trinajstić information content (AvgIpc) is 3.17. The number of rotatable bonds is 8. The molecule has 0 radical (unpaired) electrons. The van der Waals surface area contributed by atoms with Gasteiger partial charge in [0.05, 0.1) is 11.4 Å². The zero-order valence-corrected chi connectivity index (χ0v) is 17.1. The summed E-state index contributed by atoms with van der Waals surface area (Å²) in [5.41, 5.74) is 3.25. The van der Waals surface area contributed by atoms with Crippen LogP contribution in [0.15, 0.2) is 48.8 Å². The Hall–Kier alpha value is -3.20. The molecule has 0 spiro atoms. The molecule has 0 saturated heterocycles. The quantitative estimate of drug-likeness (QED) is 0.590. The van der Waals surface area contributed by atoms with Crippen molar-refractivity contribution in [2.45, 2.75) is 19.2 Å². The third kappa shape index (κ3) is 5.00. The number of nitrogens with zero attached hydrogens (tertiary/aromatic N) is 4. The minimum Gasteiger partial charge on any atom is -0.352 e. The van der Waals surface area contributed by atoms with E-state index in [1.165, 1.54) is 0 Å². The van der Waals surface area contributed by atoms with Crippen LogP contribution in [0.5, 0.6) is 0 Å². The van der Waals surface area contributed by atoms with Gasteiger partial charge < -0.3 is 10.6 Å². The molecule has 3 aromatic rings. The van der Waals surface area contributed by atoms with E-state index in [2.05, 4.69) is 25.9 Å². The lowest BCUT2D eigenvalue weighted by atomic mass is 10.2. The van der Waals surface area contributed by atoms with Gasteiger partial charge in [-0.2, -0.15) is 11.8 Å². The second-order valence-electron chi connectivity index (χ2n) is 6.17. The van der Waals surface area contributed by atoms with E-state index >= 15 is 0 Å². The van der Waals surface area contributed by atoms with Crippen molar-refractivity contribution in [2.24, 2.45) is 0 Å². The normalized spacial score (nSPS) is 10.6. The van der Waals surface area contributed by atoms with Crippen LogP contribution in [0.25, 0.3) is 5.69 Å². The second-order valence-corrected chi connectivity index (χ2v) is 7.04. The van der Waals surface area contributed by atoms with Crippen LogP contribution in [0.4, 0.5) is 0 Å². The maximum Gasteiger partial charge on any atom is 0.274 e. The topological polar surface area (TPSA) is 102 Å². The summed E-state index contributed by atoms with van der Waals surface area (Å²) in [7, 11) is 0. The molecule has 9 heteroatoms. The number of thioether (sulfide) groups is 1. The van der Waals surface area contributed by atoms with Crippen molar-refractivity contribution in [1.82, 2.24) is 30.6 Å². The molecule has 8 nitrogen and oxygen atoms in total. The number of benzene rings is 1. The van der Waals surface area contributed by atoms with Crippen molar-refractivity contribution >= 4 is 23.6 Å². The molecule has 2 N–H and O–H groups in total. The Kier molecular flexibility index (Phi) is 6.96. The van der Waals surface area contributed by atoms with Gasteiger partial charge in [0.1, 0.15) is 0 Å². The van der Waals surface area contributed by atoms with E-state index < -0.39 is 0 Å². The molecule has 1 aromatic carbocycles. The van der Waals surface area contributed by atoms with Gasteiger partial charge in [0, 0.05) is 36.8 Å². The molecule has 0 atom stereocenters. The number of hydrogen-bond acceptors (Lipinski definition) is 6. The standard InChI is InChI=1S/C20H22N6O2S/c1-3-22-19(27)15-4-6-16(7-5-15)26-17(13-29-2)18(24-25-26)20(28)23-12-14-8-10-21-11-9-14/h4-11H,3,12-13H2,1-2H3,(H,22,27)(H,23,28). The fourth-order valence-corrected chi connectivity index (χ4v) is 3.27. The van der Waals surface area contributed by atoms with E-state index in [-0.39, 0.29) is 11.8 Å². The van der Waals surface area contributed by atoms with Crippen LogP contribution >= 0.6 is 11.8 Å². The Labute approximate surface area is 173 Å². The number of carbonyl (C=O) groups excluding carboxylic acids is 2. The molecule has 29 heavy (non-hydrogen) atoms. The van der Waals surface area contributed by atoms with Gasteiger partial charge in [-0.05, 0) is 55.1 Å². The van der Waals surface area contributed by atoms with Crippen LogP contribution in [0.3, 0.4) is 0 Å². The highest BCUT2D eigenvalue weighted by molar-refractivity contribution is 7.97. The lowest BCUT2D eigenvalue weighted by molar-refractivity contribution is 0.0940. The second kappa shape index (κ2) is 9.83. The lowest BCUT2D eigenvalue weighted by Crippen LogP contribution is -2.24. The van der Waals surface area contributed by atoms with Gasteiger partial charge in [0.25, 0.3) is 11.8 Å². The third-order valence-corrected chi connectivity index (χ3v) is 4.74. The minimum absolute atomic E-state index is 0.127. The zero-order chi connectivity index (χ0) is 20.6. The molecule has 0 aliphatic carbocycles. The predicted molar refractivity (Wildman–Crippen MR) is 112 cm³/mol. The predicted octanol–water partition coefficient (Wildman–Crippen LogP) is 2.20. The van der Waals surface area contributed by atoms with E-state index in [4.69, 9.17) is 0 Å². The molecule has 150 valence electrons. The summed E-state index contributed by atoms with van der Waals surface area (Å²) in [6, 6.07) is 10.7. The zero-order valence-electron chi connectivity index (χ0n) is 16.3. The number of pyridine rings is 1. The van der Waals surface area contributed by atoms with Crippen molar-refractivity contribution in [3.63, 3.8) is 0 Å². The van der Waals surface area contributed by atoms with Gasteiger partial charge in [-0.1, -0.05) is 5.21 Å². The van der Waals surface area contributed by atoms with Gasteiger partial charge in [-0.15, -0.1) is 5.10 Å². The van der Waals surface area contributed by atoms with Crippen LogP contribution in [0, 0.1) is 0 Å². The van der Waals surface area contributed by atoms with Gasteiger partial charge in [-0.25, -0.2) is 4.68 Å². The summed E-state index contributed by atoms with van der Waals surface area (Å²) in [5.74, 6) is 0.164. The smallest absolute Gasteiger partial charge is 0.274 e. The number of nitrogens with one attached hydrogen (secondary N) is 2. The first-order valence-corrected chi connectivity index (χ1v) is 10.5. The first-order chi connectivity index (χ1) is 14.1. The molecule has 0 unspecified atom stereocenters. The summed E-state index contributed by atoms with van der Waals surface area (Å²) in [6.07, 6.45) is 5.32. The molecule has 2 amide bonds. The summed E-state index contributed by atoms with van der Waals surface area (Å²) in [4.78, 5) is 28.6. The molecule has 2 heterocycles. The SMILES string of the molecule is CCNC(=O)c1ccc(-n2nnc(C(=O)NCc3ccncc3)c2CSC)cc1. The van der Waals surface area contributed by atoms with Crippen LogP contribution in [0.2, 0.25) is 0 Å². The Bertz CT molecular complexity index is 972. The largest absolute Gasteiger partial charge is 0.352 e. The molecule has 0 aliphatic rings. The summed E-state index contributed by atoms with van der Waals surface area (Å²) < 4.78 is 1.64. The number of carbonyl (C=O) groups is 2. The molecule has 0 saturated carbocycles. The van der Waals surface area contributed by atoms with Crippen LogP contribution in [0.1, 0.15) is 39.0 Å². The highest BCUT2D eigenvalue weighted by Gasteiger charge is 2.20. The minimum atomic E-state index is -0.281. The molecular weight excluding hydrogens is 388 g/mol. The van der Waals surface area contributed by atoms with Gasteiger partial charge >= 0.3 is 0 Å². The van der Waals surface area contributed by atoms with Crippen LogP contribution in [-0.4, -0.2) is 44.6 Å². The van der Waals surface area contributed by atoms with E-state index in [0.717, 1.165) is 11.3 Å². The fourth-order valence-electron chi connectivity index (χ4n) is 2.73. The maximum atomic E-state index is 12.7. The molecule has 0 aliphatic heterocycles. The number of hydrogen-bond donors (Lipinski definition) is 2. The lowest BCUT2D eigenvalue weighted by Gasteiger charge is -2.09. The molecule has 0 fully saturated rings. The maximum absolute atomic E-state index is 12.7. The van der Waals surface area contributed by atoms with Crippen molar-refractivity contribution in [1.29, 1.82) is 0 Å². The molecular formula is C20H22N6O2S.